The van der Waals surface area contributed by atoms with Gasteiger partial charge in [-0.3, -0.25) is 0 Å². The molecule has 3 heteroatoms. The average Bonchev–Trinajstić information content (AvgIpc) is 2.32. The van der Waals surface area contributed by atoms with Gasteiger partial charge < -0.3 is 5.32 Å². The Morgan fingerprint density at radius 2 is 1.94 bits per heavy atom. The highest BCUT2D eigenvalue weighted by Gasteiger charge is 1.90. The number of nitrogens with zero attached hydrogens (tertiary/aromatic N) is 2. The maximum Gasteiger partial charge on any atom is 0.101 e. The summed E-state index contributed by atoms with van der Waals surface area (Å²) >= 11 is 0. The fourth-order valence-electron chi connectivity index (χ4n) is 1.06. The van der Waals surface area contributed by atoms with Crippen LogP contribution in [-0.2, 0) is 0 Å². The van der Waals surface area contributed by atoms with E-state index < -0.39 is 0 Å². The normalized spacial score (nSPS) is 10.8. The lowest BCUT2D eigenvalue weighted by Crippen LogP contribution is -1.89. The van der Waals surface area contributed by atoms with E-state index in [2.05, 4.69) is 5.32 Å². The summed E-state index contributed by atoms with van der Waals surface area (Å²) in [4.78, 5) is 0. The molecule has 0 saturated heterocycles. The summed E-state index contributed by atoms with van der Waals surface area (Å²) in [5, 5.41) is 20.1. The Labute approximate surface area is 94.9 Å². The van der Waals surface area contributed by atoms with Gasteiger partial charge in [0.2, 0.25) is 0 Å². The van der Waals surface area contributed by atoms with Crippen LogP contribution in [0.2, 0.25) is 0 Å². The van der Waals surface area contributed by atoms with Crippen molar-refractivity contribution in [1.82, 2.24) is 0 Å². The second kappa shape index (κ2) is 6.06. The minimum absolute atomic E-state index is 0.405. The maximum absolute atomic E-state index is 8.76. The van der Waals surface area contributed by atoms with Crippen molar-refractivity contribution in [1.29, 1.82) is 10.5 Å². The third-order valence-electron chi connectivity index (χ3n) is 1.91. The molecule has 0 aliphatic heterocycles. The second-order valence-electron chi connectivity index (χ2n) is 3.18. The number of aryl methyl sites for hydroxylation is 1. The number of anilines is 1. The van der Waals surface area contributed by atoms with Crippen LogP contribution in [0, 0.1) is 29.6 Å². The Hall–Kier alpha value is -2.52. The van der Waals surface area contributed by atoms with Crippen molar-refractivity contribution in [3.8, 4) is 12.1 Å². The van der Waals surface area contributed by atoms with Gasteiger partial charge in [-0.05, 0) is 25.1 Å². The Kier molecular flexibility index (Phi) is 4.37. The maximum atomic E-state index is 8.76. The van der Waals surface area contributed by atoms with E-state index in [4.69, 9.17) is 10.5 Å². The number of benzene rings is 1. The van der Waals surface area contributed by atoms with Crippen molar-refractivity contribution < 1.29 is 0 Å². The highest BCUT2D eigenvalue weighted by molar-refractivity contribution is 5.49. The first-order valence-electron chi connectivity index (χ1n) is 4.76. The highest BCUT2D eigenvalue weighted by atomic mass is 14.8. The van der Waals surface area contributed by atoms with Crippen LogP contribution in [0.1, 0.15) is 5.56 Å². The van der Waals surface area contributed by atoms with Crippen molar-refractivity contribution in [3.05, 3.63) is 53.8 Å². The molecular weight excluding hydrogens is 198 g/mol. The molecule has 1 aromatic rings. The summed E-state index contributed by atoms with van der Waals surface area (Å²) < 4.78 is 0. The Balaban J connectivity index is 2.72. The summed E-state index contributed by atoms with van der Waals surface area (Å²) in [6, 6.07) is 11.6. The van der Waals surface area contributed by atoms with Crippen LogP contribution in [0.15, 0.2) is 48.2 Å². The molecule has 0 bridgehead atoms. The lowest BCUT2D eigenvalue weighted by Gasteiger charge is -2.00. The van der Waals surface area contributed by atoms with E-state index in [-0.39, 0.29) is 0 Å². The number of hydrogen-bond donors (Lipinski definition) is 1. The van der Waals surface area contributed by atoms with E-state index >= 15 is 0 Å². The standard InChI is InChI=1S/C13H11N3/c1-11-4-6-13(7-5-11)16-10-12(9-15)3-2-8-14/h2-7,10,16H,1H3/b3-2-,12-10+. The van der Waals surface area contributed by atoms with Gasteiger partial charge in [-0.2, -0.15) is 10.5 Å². The van der Waals surface area contributed by atoms with E-state index in [0.717, 1.165) is 5.69 Å². The van der Waals surface area contributed by atoms with Gasteiger partial charge in [-0.25, -0.2) is 0 Å². The summed E-state index contributed by atoms with van der Waals surface area (Å²) in [6.45, 7) is 2.01. The minimum Gasteiger partial charge on any atom is -0.360 e. The molecular formula is C13H11N3. The molecule has 0 aliphatic rings. The van der Waals surface area contributed by atoms with Gasteiger partial charge in [-0.1, -0.05) is 17.7 Å². The zero-order valence-corrected chi connectivity index (χ0v) is 8.94. The Morgan fingerprint density at radius 3 is 2.50 bits per heavy atom. The van der Waals surface area contributed by atoms with Gasteiger partial charge in [0.25, 0.3) is 0 Å². The van der Waals surface area contributed by atoms with Crippen LogP contribution in [0.25, 0.3) is 0 Å². The van der Waals surface area contributed by atoms with Crippen LogP contribution in [-0.4, -0.2) is 0 Å². The molecule has 0 atom stereocenters. The minimum atomic E-state index is 0.405. The number of nitrogens with one attached hydrogen (secondary N) is 1. The predicted octanol–water partition coefficient (Wildman–Crippen LogP) is 2.89. The molecule has 0 amide bonds. The fourth-order valence-corrected chi connectivity index (χ4v) is 1.06. The molecule has 1 rings (SSSR count). The molecule has 0 aliphatic carbocycles. The molecule has 0 unspecified atom stereocenters. The molecule has 0 spiro atoms. The third-order valence-corrected chi connectivity index (χ3v) is 1.91. The first kappa shape index (κ1) is 11.6. The van der Waals surface area contributed by atoms with Gasteiger partial charge in [-0.15, -0.1) is 0 Å². The van der Waals surface area contributed by atoms with Crippen molar-refractivity contribution in [2.24, 2.45) is 0 Å². The van der Waals surface area contributed by atoms with Gasteiger partial charge in [0.1, 0.15) is 6.07 Å². The topological polar surface area (TPSA) is 59.6 Å². The van der Waals surface area contributed by atoms with Crippen molar-refractivity contribution >= 4 is 5.69 Å². The van der Waals surface area contributed by atoms with Crippen LogP contribution in [0.4, 0.5) is 5.69 Å². The molecule has 3 nitrogen and oxygen atoms in total. The van der Waals surface area contributed by atoms with Crippen LogP contribution >= 0.6 is 0 Å². The number of rotatable bonds is 3. The summed E-state index contributed by atoms with van der Waals surface area (Å²) in [5.74, 6) is 0. The fraction of sp³-hybridized carbons (Fsp3) is 0.0769. The predicted molar refractivity (Wildman–Crippen MR) is 63.3 cm³/mol. The first-order valence-corrected chi connectivity index (χ1v) is 4.76. The summed E-state index contributed by atoms with van der Waals surface area (Å²) in [6.07, 6.45) is 4.30. The van der Waals surface area contributed by atoms with E-state index in [0.29, 0.717) is 5.57 Å². The van der Waals surface area contributed by atoms with Crippen molar-refractivity contribution in [2.45, 2.75) is 6.92 Å². The van der Waals surface area contributed by atoms with Crippen molar-refractivity contribution in [3.63, 3.8) is 0 Å². The molecule has 0 fully saturated rings. The van der Waals surface area contributed by atoms with E-state index in [1.54, 1.807) is 6.20 Å². The summed E-state index contributed by atoms with van der Waals surface area (Å²) in [7, 11) is 0. The third kappa shape index (κ3) is 3.69. The van der Waals surface area contributed by atoms with Crippen molar-refractivity contribution in [2.75, 3.05) is 5.32 Å². The average molecular weight is 209 g/mol. The molecule has 1 aromatic carbocycles. The van der Waals surface area contributed by atoms with Gasteiger partial charge >= 0.3 is 0 Å². The lowest BCUT2D eigenvalue weighted by molar-refractivity contribution is 1.44. The highest BCUT2D eigenvalue weighted by Crippen LogP contribution is 2.09. The number of allylic oxidation sites excluding steroid dienone is 3. The number of nitriles is 2. The van der Waals surface area contributed by atoms with E-state index in [9.17, 15) is 0 Å². The summed E-state index contributed by atoms with van der Waals surface area (Å²) in [5.41, 5.74) is 2.49. The zero-order valence-electron chi connectivity index (χ0n) is 8.94. The van der Waals surface area contributed by atoms with Crippen LogP contribution in [0.5, 0.6) is 0 Å². The van der Waals surface area contributed by atoms with E-state index in [1.807, 2.05) is 43.3 Å². The molecule has 0 saturated carbocycles. The van der Waals surface area contributed by atoms with Crippen LogP contribution < -0.4 is 5.32 Å². The first-order chi connectivity index (χ1) is 7.76. The quantitative estimate of drug-likeness (QED) is 0.615. The monoisotopic (exact) mass is 209 g/mol. The van der Waals surface area contributed by atoms with Gasteiger partial charge in [0.15, 0.2) is 0 Å². The largest absolute Gasteiger partial charge is 0.360 e. The second-order valence-corrected chi connectivity index (χ2v) is 3.18. The molecule has 0 radical (unpaired) electrons. The number of hydrogen-bond acceptors (Lipinski definition) is 3. The van der Waals surface area contributed by atoms with Crippen LogP contribution in [0.3, 0.4) is 0 Å². The Bertz CT molecular complexity index is 481. The zero-order chi connectivity index (χ0) is 11.8. The lowest BCUT2D eigenvalue weighted by atomic mass is 10.2. The molecule has 1 N–H and O–H groups in total. The molecule has 78 valence electrons. The molecule has 0 aromatic heterocycles. The van der Waals surface area contributed by atoms with Gasteiger partial charge in [0.05, 0.1) is 11.6 Å². The van der Waals surface area contributed by atoms with Gasteiger partial charge in [0, 0.05) is 18.0 Å². The molecule has 16 heavy (non-hydrogen) atoms. The SMILES string of the molecule is Cc1ccc(N/C=C(C#N)\C=C/C#N)cc1. The van der Waals surface area contributed by atoms with E-state index in [1.165, 1.54) is 17.7 Å². The Morgan fingerprint density at radius 1 is 1.25 bits per heavy atom. The molecule has 0 heterocycles. The smallest absolute Gasteiger partial charge is 0.101 e.